The zero-order valence-corrected chi connectivity index (χ0v) is 13.1. The van der Waals surface area contributed by atoms with E-state index in [9.17, 15) is 25.4 Å². The summed E-state index contributed by atoms with van der Waals surface area (Å²) in [6, 6.07) is 6.74. The number of nitro benzene ring substituents is 1. The van der Waals surface area contributed by atoms with Gasteiger partial charge in [0.2, 0.25) is 0 Å². The van der Waals surface area contributed by atoms with Crippen molar-refractivity contribution in [2.24, 2.45) is 5.92 Å². The quantitative estimate of drug-likeness (QED) is 0.288. The number of hydrogen-bond acceptors (Lipinski definition) is 6. The van der Waals surface area contributed by atoms with Gasteiger partial charge in [-0.3, -0.25) is 10.1 Å². The van der Waals surface area contributed by atoms with E-state index in [0.29, 0.717) is 16.8 Å². The maximum atomic E-state index is 11.1. The van der Waals surface area contributed by atoms with Gasteiger partial charge in [-0.15, -0.1) is 0 Å². The molecule has 0 bridgehead atoms. The molecule has 2 aromatic carbocycles. The number of rotatable bonds is 2. The van der Waals surface area contributed by atoms with Gasteiger partial charge in [0.15, 0.2) is 0 Å². The molecule has 1 aliphatic heterocycles. The Bertz CT molecular complexity index is 909. The lowest BCUT2D eigenvalue weighted by atomic mass is 9.76. The van der Waals surface area contributed by atoms with Crippen LogP contribution in [0.3, 0.4) is 0 Å². The van der Waals surface area contributed by atoms with Crippen molar-refractivity contribution < 1.29 is 20.2 Å². The third kappa shape index (κ3) is 2.36. The predicted molar refractivity (Wildman–Crippen MR) is 90.9 cm³/mol. The van der Waals surface area contributed by atoms with Gasteiger partial charge in [0.25, 0.3) is 5.69 Å². The fourth-order valence-electron chi connectivity index (χ4n) is 3.87. The smallest absolute Gasteiger partial charge is 0.273 e. The minimum Gasteiger partial charge on any atom is -0.508 e. The average Bonchev–Trinajstić information content (AvgIpc) is 3.04. The maximum Gasteiger partial charge on any atom is 0.273 e. The molecule has 4 N–H and O–H groups in total. The Morgan fingerprint density at radius 2 is 1.88 bits per heavy atom. The Morgan fingerprint density at radius 3 is 2.60 bits per heavy atom. The molecule has 0 amide bonds. The number of non-ortho nitro benzene ring substituents is 1. The van der Waals surface area contributed by atoms with Crippen LogP contribution in [0.4, 0.5) is 11.4 Å². The normalized spacial score (nSPS) is 23.6. The van der Waals surface area contributed by atoms with Gasteiger partial charge >= 0.3 is 0 Å². The summed E-state index contributed by atoms with van der Waals surface area (Å²) < 4.78 is 0. The molecule has 1 aliphatic carbocycles. The number of allylic oxidation sites excluding steroid dienone is 2. The van der Waals surface area contributed by atoms with E-state index in [2.05, 4.69) is 5.32 Å². The molecule has 7 heteroatoms. The molecule has 2 aromatic rings. The average molecular weight is 340 g/mol. The fourth-order valence-corrected chi connectivity index (χ4v) is 3.87. The molecule has 3 atom stereocenters. The van der Waals surface area contributed by atoms with E-state index in [-0.39, 0.29) is 40.8 Å². The van der Waals surface area contributed by atoms with Crippen molar-refractivity contribution in [3.63, 3.8) is 0 Å². The van der Waals surface area contributed by atoms with E-state index in [1.807, 2.05) is 12.2 Å². The molecule has 0 fully saturated rings. The summed E-state index contributed by atoms with van der Waals surface area (Å²) in [5.74, 6) is -0.305. The van der Waals surface area contributed by atoms with Crippen LogP contribution in [-0.4, -0.2) is 20.2 Å². The molecule has 0 saturated heterocycles. The zero-order chi connectivity index (χ0) is 17.7. The highest BCUT2D eigenvalue weighted by atomic mass is 16.6. The summed E-state index contributed by atoms with van der Waals surface area (Å²) in [7, 11) is 0. The molecule has 3 unspecified atom stereocenters. The highest BCUT2D eigenvalue weighted by Gasteiger charge is 2.40. The molecule has 4 rings (SSSR count). The van der Waals surface area contributed by atoms with Crippen LogP contribution in [0.2, 0.25) is 0 Å². The van der Waals surface area contributed by atoms with Crippen LogP contribution >= 0.6 is 0 Å². The SMILES string of the molecule is O=[N+]([O-])c1cc(O)c2c(c1)C1C=CCC1C(c1ccc(O)cc1O)N2. The van der Waals surface area contributed by atoms with Crippen LogP contribution in [0, 0.1) is 16.0 Å². The van der Waals surface area contributed by atoms with Gasteiger partial charge in [0.05, 0.1) is 22.7 Å². The van der Waals surface area contributed by atoms with Crippen LogP contribution in [0.1, 0.15) is 29.5 Å². The van der Waals surface area contributed by atoms with Gasteiger partial charge in [-0.2, -0.15) is 0 Å². The molecule has 25 heavy (non-hydrogen) atoms. The summed E-state index contributed by atoms with van der Waals surface area (Å²) in [5.41, 5.74) is 1.58. The van der Waals surface area contributed by atoms with Crippen molar-refractivity contribution in [1.82, 2.24) is 0 Å². The number of fused-ring (bicyclic) bond motifs is 3. The van der Waals surface area contributed by atoms with E-state index in [4.69, 9.17) is 0 Å². The van der Waals surface area contributed by atoms with Gasteiger partial charge in [-0.05, 0) is 30.0 Å². The Morgan fingerprint density at radius 1 is 1.08 bits per heavy atom. The lowest BCUT2D eigenvalue weighted by molar-refractivity contribution is -0.385. The van der Waals surface area contributed by atoms with Gasteiger partial charge < -0.3 is 20.6 Å². The third-order valence-electron chi connectivity index (χ3n) is 4.99. The summed E-state index contributed by atoms with van der Waals surface area (Å²) in [6.45, 7) is 0. The fraction of sp³-hybridized carbons (Fsp3) is 0.222. The van der Waals surface area contributed by atoms with Crippen molar-refractivity contribution in [1.29, 1.82) is 0 Å². The minimum atomic E-state index is -0.522. The van der Waals surface area contributed by atoms with Gasteiger partial charge in [0, 0.05) is 23.6 Å². The number of benzene rings is 2. The molecule has 128 valence electrons. The number of nitro groups is 1. The van der Waals surface area contributed by atoms with Gasteiger partial charge in [0.1, 0.15) is 17.2 Å². The largest absolute Gasteiger partial charge is 0.508 e. The molecule has 1 heterocycles. The van der Waals surface area contributed by atoms with E-state index in [1.54, 1.807) is 6.07 Å². The molecule has 7 nitrogen and oxygen atoms in total. The number of nitrogens with one attached hydrogen (secondary N) is 1. The third-order valence-corrected chi connectivity index (χ3v) is 4.99. The lowest BCUT2D eigenvalue weighted by Crippen LogP contribution is -2.29. The van der Waals surface area contributed by atoms with Gasteiger partial charge in [-0.25, -0.2) is 0 Å². The summed E-state index contributed by atoms with van der Waals surface area (Å²) >= 11 is 0. The van der Waals surface area contributed by atoms with Crippen LogP contribution in [0.15, 0.2) is 42.5 Å². The molecular formula is C18H16N2O5. The highest BCUT2D eigenvalue weighted by molar-refractivity contribution is 5.70. The minimum absolute atomic E-state index is 0.0305. The van der Waals surface area contributed by atoms with Crippen LogP contribution in [-0.2, 0) is 0 Å². The van der Waals surface area contributed by atoms with E-state index in [1.165, 1.54) is 18.2 Å². The number of anilines is 1. The van der Waals surface area contributed by atoms with Crippen molar-refractivity contribution in [3.05, 3.63) is 63.7 Å². The second kappa shape index (κ2) is 5.41. The Hall–Kier alpha value is -3.22. The van der Waals surface area contributed by atoms with Gasteiger partial charge in [-0.1, -0.05) is 12.2 Å². The van der Waals surface area contributed by atoms with E-state index >= 15 is 0 Å². The number of hydrogen-bond donors (Lipinski definition) is 4. The number of aromatic hydroxyl groups is 3. The standard InChI is InChI=1S/C18H16N2O5/c21-10-4-5-13(15(22)8-10)17-12-3-1-2-11(12)14-6-9(20(24)25)7-16(23)18(14)19-17/h1-2,4-8,11-12,17,19,21-23H,3H2. The van der Waals surface area contributed by atoms with Crippen molar-refractivity contribution >= 4 is 11.4 Å². The molecule has 2 aliphatic rings. The second-order valence-corrected chi connectivity index (χ2v) is 6.40. The summed E-state index contributed by atoms with van der Waals surface area (Å²) in [5, 5.41) is 44.3. The van der Waals surface area contributed by atoms with E-state index < -0.39 is 4.92 Å². The Labute approximate surface area is 143 Å². The molecule has 0 spiro atoms. The van der Waals surface area contributed by atoms with E-state index in [0.717, 1.165) is 12.5 Å². The highest BCUT2D eigenvalue weighted by Crippen LogP contribution is 2.54. The topological polar surface area (TPSA) is 116 Å². The van der Waals surface area contributed by atoms with Crippen molar-refractivity contribution in [3.8, 4) is 17.2 Å². The van der Waals surface area contributed by atoms with Crippen LogP contribution in [0.5, 0.6) is 17.2 Å². The second-order valence-electron chi connectivity index (χ2n) is 6.40. The predicted octanol–water partition coefficient (Wildman–Crippen LogP) is 3.54. The molecular weight excluding hydrogens is 324 g/mol. The Balaban J connectivity index is 1.84. The van der Waals surface area contributed by atoms with Crippen LogP contribution < -0.4 is 5.32 Å². The van der Waals surface area contributed by atoms with Crippen LogP contribution in [0.25, 0.3) is 0 Å². The first kappa shape index (κ1) is 15.3. The first-order valence-electron chi connectivity index (χ1n) is 7.92. The lowest BCUT2D eigenvalue weighted by Gasteiger charge is -2.37. The first-order valence-corrected chi connectivity index (χ1v) is 7.92. The molecule has 0 aromatic heterocycles. The zero-order valence-electron chi connectivity index (χ0n) is 13.1. The monoisotopic (exact) mass is 340 g/mol. The number of phenols is 3. The van der Waals surface area contributed by atoms with Crippen molar-refractivity contribution in [2.75, 3.05) is 5.32 Å². The summed E-state index contributed by atoms with van der Waals surface area (Å²) in [6.07, 6.45) is 4.73. The summed E-state index contributed by atoms with van der Waals surface area (Å²) in [4.78, 5) is 10.6. The molecule has 0 saturated carbocycles. The number of nitrogens with zero attached hydrogens (tertiary/aromatic N) is 1. The van der Waals surface area contributed by atoms with Crippen molar-refractivity contribution in [2.45, 2.75) is 18.4 Å². The Kier molecular flexibility index (Phi) is 3.31. The number of phenolic OH excluding ortho intramolecular Hbond substituents is 3. The molecule has 0 radical (unpaired) electrons. The first-order chi connectivity index (χ1) is 12.0. The maximum absolute atomic E-state index is 11.1.